The number of hydrogen-bond donors (Lipinski definition) is 0. The Labute approximate surface area is 92.7 Å². The number of nitrogens with zero attached hydrogens (tertiary/aromatic N) is 3. The molecule has 1 heterocycles. The summed E-state index contributed by atoms with van der Waals surface area (Å²) in [6, 6.07) is 7.55. The van der Waals surface area contributed by atoms with Crippen molar-refractivity contribution in [3.8, 4) is 0 Å². The third-order valence-corrected chi connectivity index (χ3v) is 2.32. The first kappa shape index (κ1) is 10.4. The van der Waals surface area contributed by atoms with E-state index in [1.807, 2.05) is 25.1 Å². The molecule has 0 radical (unpaired) electrons. The lowest BCUT2D eigenvalue weighted by molar-refractivity contribution is 0.0986. The van der Waals surface area contributed by atoms with Gasteiger partial charge in [0.1, 0.15) is 0 Å². The minimum absolute atomic E-state index is 0.164. The molecule has 1 aromatic carbocycles. The van der Waals surface area contributed by atoms with Gasteiger partial charge >= 0.3 is 6.01 Å². The average Bonchev–Trinajstić information content (AvgIpc) is 2.81. The molecule has 5 nitrogen and oxygen atoms in total. The Bertz CT molecular complexity index is 494. The number of amides is 1. The van der Waals surface area contributed by atoms with Crippen LogP contribution >= 0.6 is 0 Å². The van der Waals surface area contributed by atoms with Crippen LogP contribution in [0.4, 0.5) is 6.01 Å². The van der Waals surface area contributed by atoms with Gasteiger partial charge in [0.2, 0.25) is 0 Å². The van der Waals surface area contributed by atoms with Crippen LogP contribution < -0.4 is 4.90 Å². The molecule has 2 aromatic rings. The zero-order valence-electron chi connectivity index (χ0n) is 9.04. The lowest BCUT2D eigenvalue weighted by Gasteiger charge is -2.12. The third kappa shape index (κ3) is 1.79. The van der Waals surface area contributed by atoms with E-state index in [0.717, 1.165) is 5.56 Å². The highest BCUT2D eigenvalue weighted by molar-refractivity contribution is 6.05. The summed E-state index contributed by atoms with van der Waals surface area (Å²) in [5.74, 6) is -0.164. The molecule has 0 aliphatic carbocycles. The molecule has 5 heteroatoms. The van der Waals surface area contributed by atoms with E-state index >= 15 is 0 Å². The largest absolute Gasteiger partial charge is 0.330 e. The minimum atomic E-state index is -0.164. The number of aryl methyl sites for hydroxylation is 1. The van der Waals surface area contributed by atoms with Crippen molar-refractivity contribution in [3.05, 3.63) is 41.7 Å². The standard InChI is InChI=1S/C11H11N3O2/c1-8-5-3-4-6-9(8)10(15)14(2)11-12-7-13-16-11/h3-7H,1-2H3. The van der Waals surface area contributed by atoms with Gasteiger partial charge in [0.05, 0.1) is 0 Å². The van der Waals surface area contributed by atoms with Gasteiger partial charge < -0.3 is 4.52 Å². The van der Waals surface area contributed by atoms with E-state index in [9.17, 15) is 4.79 Å². The van der Waals surface area contributed by atoms with Crippen LogP contribution in [0.5, 0.6) is 0 Å². The van der Waals surface area contributed by atoms with E-state index in [1.165, 1.54) is 11.2 Å². The summed E-state index contributed by atoms with van der Waals surface area (Å²) in [5, 5.41) is 3.46. The molecule has 2 rings (SSSR count). The van der Waals surface area contributed by atoms with E-state index in [2.05, 4.69) is 10.1 Å². The highest BCUT2D eigenvalue weighted by atomic mass is 16.5. The second-order valence-corrected chi connectivity index (χ2v) is 3.40. The molecule has 0 aliphatic rings. The van der Waals surface area contributed by atoms with Gasteiger partial charge in [-0.05, 0) is 18.6 Å². The molecule has 16 heavy (non-hydrogen) atoms. The minimum Gasteiger partial charge on any atom is -0.315 e. The molecule has 0 unspecified atom stereocenters. The van der Waals surface area contributed by atoms with E-state index < -0.39 is 0 Å². The van der Waals surface area contributed by atoms with Gasteiger partial charge in [-0.1, -0.05) is 23.4 Å². The molecule has 0 bridgehead atoms. The predicted octanol–water partition coefficient (Wildman–Crippen LogP) is 1.65. The predicted molar refractivity (Wildman–Crippen MR) is 58.2 cm³/mol. The third-order valence-electron chi connectivity index (χ3n) is 2.32. The Morgan fingerprint density at radius 2 is 2.12 bits per heavy atom. The quantitative estimate of drug-likeness (QED) is 0.767. The monoisotopic (exact) mass is 217 g/mol. The molecule has 0 fully saturated rings. The molecule has 1 aromatic heterocycles. The lowest BCUT2D eigenvalue weighted by atomic mass is 10.1. The number of hydrogen-bond acceptors (Lipinski definition) is 4. The summed E-state index contributed by atoms with van der Waals surface area (Å²) >= 11 is 0. The maximum atomic E-state index is 12.1. The molecule has 0 saturated heterocycles. The van der Waals surface area contributed by atoms with E-state index in [1.54, 1.807) is 13.1 Å². The molecule has 0 aliphatic heterocycles. The topological polar surface area (TPSA) is 59.2 Å². The average molecular weight is 217 g/mol. The summed E-state index contributed by atoms with van der Waals surface area (Å²) in [4.78, 5) is 17.2. The molecule has 82 valence electrons. The fourth-order valence-corrected chi connectivity index (χ4v) is 1.40. The van der Waals surface area contributed by atoms with E-state index in [-0.39, 0.29) is 11.9 Å². The van der Waals surface area contributed by atoms with Gasteiger partial charge in [-0.2, -0.15) is 4.98 Å². The van der Waals surface area contributed by atoms with Crippen molar-refractivity contribution in [1.82, 2.24) is 10.1 Å². The Kier molecular flexibility index (Phi) is 2.68. The summed E-state index contributed by atoms with van der Waals surface area (Å²) in [6.07, 6.45) is 1.26. The molecular formula is C11H11N3O2. The number of benzene rings is 1. The van der Waals surface area contributed by atoms with Crippen LogP contribution in [0.1, 0.15) is 15.9 Å². The maximum absolute atomic E-state index is 12.1. The van der Waals surface area contributed by atoms with Gasteiger partial charge in [0.25, 0.3) is 5.91 Å². The van der Waals surface area contributed by atoms with Crippen LogP contribution in [0.3, 0.4) is 0 Å². The number of carbonyl (C=O) groups is 1. The molecule has 0 atom stereocenters. The number of aromatic nitrogens is 2. The fourth-order valence-electron chi connectivity index (χ4n) is 1.40. The summed E-state index contributed by atoms with van der Waals surface area (Å²) in [7, 11) is 1.60. The second-order valence-electron chi connectivity index (χ2n) is 3.40. The van der Waals surface area contributed by atoms with Gasteiger partial charge in [-0.15, -0.1) is 0 Å². The number of carbonyl (C=O) groups excluding carboxylic acids is 1. The van der Waals surface area contributed by atoms with Crippen molar-refractivity contribution < 1.29 is 9.32 Å². The SMILES string of the molecule is Cc1ccccc1C(=O)N(C)c1ncno1. The Morgan fingerprint density at radius 3 is 2.75 bits per heavy atom. The fraction of sp³-hybridized carbons (Fsp3) is 0.182. The number of rotatable bonds is 2. The molecule has 0 spiro atoms. The van der Waals surface area contributed by atoms with Crippen molar-refractivity contribution in [3.63, 3.8) is 0 Å². The van der Waals surface area contributed by atoms with E-state index in [0.29, 0.717) is 5.56 Å². The summed E-state index contributed by atoms with van der Waals surface area (Å²) < 4.78 is 4.82. The smallest absolute Gasteiger partial charge is 0.315 e. The van der Waals surface area contributed by atoms with Gasteiger partial charge in [-0.25, -0.2) is 0 Å². The normalized spacial score (nSPS) is 10.1. The Balaban J connectivity index is 2.30. The number of anilines is 1. The maximum Gasteiger partial charge on any atom is 0.330 e. The first-order valence-corrected chi connectivity index (χ1v) is 4.80. The van der Waals surface area contributed by atoms with Crippen LogP contribution in [0.2, 0.25) is 0 Å². The Hall–Kier alpha value is -2.17. The van der Waals surface area contributed by atoms with E-state index in [4.69, 9.17) is 4.52 Å². The van der Waals surface area contributed by atoms with Crippen LogP contribution in [-0.4, -0.2) is 23.1 Å². The molecule has 0 saturated carbocycles. The zero-order chi connectivity index (χ0) is 11.5. The van der Waals surface area contributed by atoms with Crippen molar-refractivity contribution in [1.29, 1.82) is 0 Å². The molecular weight excluding hydrogens is 206 g/mol. The van der Waals surface area contributed by atoms with Crippen molar-refractivity contribution in [2.75, 3.05) is 11.9 Å². The highest BCUT2D eigenvalue weighted by Crippen LogP contribution is 2.14. The highest BCUT2D eigenvalue weighted by Gasteiger charge is 2.18. The summed E-state index contributed by atoms with van der Waals surface area (Å²) in [6.45, 7) is 1.88. The first-order valence-electron chi connectivity index (χ1n) is 4.80. The van der Waals surface area contributed by atoms with Gasteiger partial charge in [-0.3, -0.25) is 9.69 Å². The zero-order valence-corrected chi connectivity index (χ0v) is 9.04. The first-order chi connectivity index (χ1) is 7.70. The molecule has 0 N–H and O–H groups in total. The molecule has 1 amide bonds. The van der Waals surface area contributed by atoms with Crippen LogP contribution in [0.25, 0.3) is 0 Å². The van der Waals surface area contributed by atoms with Crippen molar-refractivity contribution >= 4 is 11.9 Å². The summed E-state index contributed by atoms with van der Waals surface area (Å²) in [5.41, 5.74) is 1.54. The van der Waals surface area contributed by atoms with Crippen molar-refractivity contribution in [2.45, 2.75) is 6.92 Å². The van der Waals surface area contributed by atoms with Gasteiger partial charge in [0.15, 0.2) is 6.33 Å². The van der Waals surface area contributed by atoms with Crippen molar-refractivity contribution in [2.24, 2.45) is 0 Å². The van der Waals surface area contributed by atoms with Gasteiger partial charge in [0, 0.05) is 12.6 Å². The lowest BCUT2D eigenvalue weighted by Crippen LogP contribution is -2.27. The van der Waals surface area contributed by atoms with Crippen LogP contribution in [-0.2, 0) is 0 Å². The van der Waals surface area contributed by atoms with Crippen LogP contribution in [0.15, 0.2) is 35.1 Å². The Morgan fingerprint density at radius 1 is 1.38 bits per heavy atom. The second kappa shape index (κ2) is 4.14. The van der Waals surface area contributed by atoms with Crippen LogP contribution in [0, 0.1) is 6.92 Å².